The molecular weight excluding hydrogens is 237 g/mol. The van der Waals surface area contributed by atoms with E-state index in [1.54, 1.807) is 12.1 Å². The smallest absolute Gasteiger partial charge is 0.127 e. The molecule has 1 nitrogen and oxygen atoms in total. The molecule has 1 atom stereocenters. The molecule has 0 radical (unpaired) electrons. The van der Waals surface area contributed by atoms with Gasteiger partial charge in [0.15, 0.2) is 0 Å². The van der Waals surface area contributed by atoms with Crippen LogP contribution in [-0.4, -0.2) is 13.1 Å². The summed E-state index contributed by atoms with van der Waals surface area (Å²) in [5.74, 6) is 0.716. The molecule has 0 saturated heterocycles. The van der Waals surface area contributed by atoms with Gasteiger partial charge in [0.25, 0.3) is 0 Å². The molecule has 0 amide bonds. The van der Waals surface area contributed by atoms with Gasteiger partial charge in [0.1, 0.15) is 5.82 Å². The Kier molecular flexibility index (Phi) is 5.93. The summed E-state index contributed by atoms with van der Waals surface area (Å²) in [6, 6.07) is 4.88. The van der Waals surface area contributed by atoms with Gasteiger partial charge < -0.3 is 5.32 Å². The van der Waals surface area contributed by atoms with Crippen molar-refractivity contribution in [2.24, 2.45) is 11.8 Å². The molecule has 0 saturated carbocycles. The van der Waals surface area contributed by atoms with Crippen LogP contribution in [0.1, 0.15) is 26.3 Å². The quantitative estimate of drug-likeness (QED) is 0.815. The van der Waals surface area contributed by atoms with Crippen LogP contribution in [0.25, 0.3) is 0 Å². The molecule has 3 heteroatoms. The fraction of sp³-hybridized carbons (Fsp3) is 0.571. The van der Waals surface area contributed by atoms with Gasteiger partial charge in [-0.3, -0.25) is 0 Å². The molecule has 0 fully saturated rings. The van der Waals surface area contributed by atoms with Crippen molar-refractivity contribution in [1.29, 1.82) is 0 Å². The summed E-state index contributed by atoms with van der Waals surface area (Å²) < 4.78 is 13.7. The van der Waals surface area contributed by atoms with Gasteiger partial charge in [-0.2, -0.15) is 0 Å². The van der Waals surface area contributed by atoms with E-state index in [-0.39, 0.29) is 5.82 Å². The van der Waals surface area contributed by atoms with Gasteiger partial charge in [-0.1, -0.05) is 38.4 Å². The molecule has 1 unspecified atom stereocenters. The van der Waals surface area contributed by atoms with Gasteiger partial charge >= 0.3 is 0 Å². The van der Waals surface area contributed by atoms with Crippen LogP contribution in [0.2, 0.25) is 5.02 Å². The van der Waals surface area contributed by atoms with E-state index in [2.05, 4.69) is 26.1 Å². The van der Waals surface area contributed by atoms with Crippen LogP contribution in [0.5, 0.6) is 0 Å². The van der Waals surface area contributed by atoms with E-state index in [0.29, 0.717) is 28.8 Å². The topological polar surface area (TPSA) is 12.0 Å². The van der Waals surface area contributed by atoms with Crippen LogP contribution >= 0.6 is 11.6 Å². The number of benzene rings is 1. The maximum Gasteiger partial charge on any atom is 0.127 e. The Balaban J connectivity index is 2.78. The lowest BCUT2D eigenvalue weighted by atomic mass is 9.89. The summed E-state index contributed by atoms with van der Waals surface area (Å²) in [5.41, 5.74) is 0.644. The van der Waals surface area contributed by atoms with Crippen molar-refractivity contribution in [3.05, 3.63) is 34.6 Å². The van der Waals surface area contributed by atoms with Gasteiger partial charge in [-0.15, -0.1) is 0 Å². The third kappa shape index (κ3) is 4.29. The third-order valence-electron chi connectivity index (χ3n) is 3.13. The van der Waals surface area contributed by atoms with E-state index in [4.69, 9.17) is 11.6 Å². The molecular formula is C14H21ClFN. The van der Waals surface area contributed by atoms with Crippen molar-refractivity contribution < 1.29 is 4.39 Å². The zero-order valence-corrected chi connectivity index (χ0v) is 11.5. The van der Waals surface area contributed by atoms with Gasteiger partial charge in [0.05, 0.1) is 0 Å². The van der Waals surface area contributed by atoms with Crippen LogP contribution in [0.3, 0.4) is 0 Å². The Morgan fingerprint density at radius 2 is 2.06 bits per heavy atom. The maximum atomic E-state index is 13.7. The van der Waals surface area contributed by atoms with Crippen LogP contribution in [0.15, 0.2) is 18.2 Å². The number of hydrogen-bond acceptors (Lipinski definition) is 1. The second-order valence-electron chi connectivity index (χ2n) is 4.72. The first kappa shape index (κ1) is 14.5. The highest BCUT2D eigenvalue weighted by Crippen LogP contribution is 2.25. The fourth-order valence-electron chi connectivity index (χ4n) is 1.86. The SMILES string of the molecule is CCNCC(Cc1c(F)cccc1Cl)C(C)C. The Morgan fingerprint density at radius 1 is 1.35 bits per heavy atom. The van der Waals surface area contributed by atoms with E-state index in [1.165, 1.54) is 6.07 Å². The largest absolute Gasteiger partial charge is 0.317 e. The standard InChI is InChI=1S/C14H21ClFN/c1-4-17-9-11(10(2)3)8-12-13(15)6-5-7-14(12)16/h5-7,10-11,17H,4,8-9H2,1-3H3. The summed E-state index contributed by atoms with van der Waals surface area (Å²) in [7, 11) is 0. The average Bonchev–Trinajstić information content (AvgIpc) is 2.27. The Labute approximate surface area is 108 Å². The molecule has 0 aliphatic rings. The summed E-state index contributed by atoms with van der Waals surface area (Å²) >= 11 is 6.05. The van der Waals surface area contributed by atoms with E-state index in [0.717, 1.165) is 13.1 Å². The van der Waals surface area contributed by atoms with Crippen LogP contribution < -0.4 is 5.32 Å². The van der Waals surface area contributed by atoms with E-state index in [1.807, 2.05) is 0 Å². The summed E-state index contributed by atoms with van der Waals surface area (Å²) in [5, 5.41) is 3.86. The maximum absolute atomic E-state index is 13.7. The highest BCUT2D eigenvalue weighted by Gasteiger charge is 2.17. The number of rotatable bonds is 6. The lowest BCUT2D eigenvalue weighted by Gasteiger charge is -2.22. The van der Waals surface area contributed by atoms with E-state index < -0.39 is 0 Å². The van der Waals surface area contributed by atoms with Crippen molar-refractivity contribution in [3.8, 4) is 0 Å². The monoisotopic (exact) mass is 257 g/mol. The molecule has 1 aromatic rings. The molecule has 1 N–H and O–H groups in total. The van der Waals surface area contributed by atoms with Crippen molar-refractivity contribution >= 4 is 11.6 Å². The van der Waals surface area contributed by atoms with Crippen molar-refractivity contribution in [2.75, 3.05) is 13.1 Å². The minimum Gasteiger partial charge on any atom is -0.317 e. The Morgan fingerprint density at radius 3 is 2.59 bits per heavy atom. The minimum absolute atomic E-state index is 0.195. The van der Waals surface area contributed by atoms with Gasteiger partial charge in [0.2, 0.25) is 0 Å². The summed E-state index contributed by atoms with van der Waals surface area (Å²) in [6.07, 6.45) is 0.691. The molecule has 0 aliphatic heterocycles. The zero-order valence-electron chi connectivity index (χ0n) is 10.8. The van der Waals surface area contributed by atoms with Crippen molar-refractivity contribution in [1.82, 2.24) is 5.32 Å². The number of halogens is 2. The number of nitrogens with one attached hydrogen (secondary N) is 1. The molecule has 0 bridgehead atoms. The van der Waals surface area contributed by atoms with Crippen molar-refractivity contribution in [3.63, 3.8) is 0 Å². The Hall–Kier alpha value is -0.600. The molecule has 0 aliphatic carbocycles. The third-order valence-corrected chi connectivity index (χ3v) is 3.48. The molecule has 1 aromatic carbocycles. The van der Waals surface area contributed by atoms with Crippen LogP contribution in [0.4, 0.5) is 4.39 Å². The highest BCUT2D eigenvalue weighted by atomic mass is 35.5. The molecule has 96 valence electrons. The second-order valence-corrected chi connectivity index (χ2v) is 5.12. The predicted molar refractivity (Wildman–Crippen MR) is 72.0 cm³/mol. The zero-order chi connectivity index (χ0) is 12.8. The fourth-order valence-corrected chi connectivity index (χ4v) is 2.10. The first-order chi connectivity index (χ1) is 8.06. The van der Waals surface area contributed by atoms with E-state index in [9.17, 15) is 4.39 Å². The normalized spacial score (nSPS) is 13.1. The van der Waals surface area contributed by atoms with Crippen LogP contribution in [-0.2, 0) is 6.42 Å². The van der Waals surface area contributed by atoms with Crippen molar-refractivity contribution in [2.45, 2.75) is 27.2 Å². The predicted octanol–water partition coefficient (Wildman–Crippen LogP) is 3.90. The molecule has 0 aromatic heterocycles. The second kappa shape index (κ2) is 6.97. The van der Waals surface area contributed by atoms with Gasteiger partial charge in [-0.25, -0.2) is 4.39 Å². The number of hydrogen-bond donors (Lipinski definition) is 1. The molecule has 0 spiro atoms. The lowest BCUT2D eigenvalue weighted by Crippen LogP contribution is -2.28. The molecule has 1 rings (SSSR count). The summed E-state index contributed by atoms with van der Waals surface area (Å²) in [4.78, 5) is 0. The first-order valence-corrected chi connectivity index (χ1v) is 6.57. The lowest BCUT2D eigenvalue weighted by molar-refractivity contribution is 0.359. The molecule has 0 heterocycles. The minimum atomic E-state index is -0.195. The first-order valence-electron chi connectivity index (χ1n) is 6.19. The summed E-state index contributed by atoms with van der Waals surface area (Å²) in [6.45, 7) is 8.24. The Bertz CT molecular complexity index is 332. The van der Waals surface area contributed by atoms with Gasteiger partial charge in [0, 0.05) is 10.6 Å². The highest BCUT2D eigenvalue weighted by molar-refractivity contribution is 6.31. The molecule has 17 heavy (non-hydrogen) atoms. The average molecular weight is 258 g/mol. The van der Waals surface area contributed by atoms with E-state index >= 15 is 0 Å². The van der Waals surface area contributed by atoms with Crippen LogP contribution in [0, 0.1) is 17.7 Å². The van der Waals surface area contributed by atoms with Gasteiger partial charge in [-0.05, 0) is 43.5 Å².